The number of ether oxygens (including phenoxy) is 4. The average Bonchev–Trinajstić information content (AvgIpc) is 3.56. The molecule has 0 bridgehead atoms. The topological polar surface area (TPSA) is 111 Å². The van der Waals surface area contributed by atoms with Gasteiger partial charge in [-0.05, 0) is 109 Å². The van der Waals surface area contributed by atoms with E-state index in [0.717, 1.165) is 109 Å². The molecule has 0 aliphatic heterocycles. The van der Waals surface area contributed by atoms with Crippen molar-refractivity contribution in [2.75, 3.05) is 47.5 Å². The minimum Gasteiger partial charge on any atom is -0.545 e. The van der Waals surface area contributed by atoms with Gasteiger partial charge in [-0.3, -0.25) is 9.59 Å². The number of carboxylic acid groups (broad SMARTS) is 1. The van der Waals surface area contributed by atoms with Crippen LogP contribution in [0.1, 0.15) is 284 Å². The Kier molecular flexibility index (Phi) is 63.8. The van der Waals surface area contributed by atoms with Gasteiger partial charge in [0, 0.05) is 12.8 Å². The molecule has 2 unspecified atom stereocenters. The molecule has 0 fully saturated rings. The van der Waals surface area contributed by atoms with Crippen molar-refractivity contribution in [2.45, 2.75) is 296 Å². The number of carboxylic acids is 1. The van der Waals surface area contributed by atoms with E-state index >= 15 is 0 Å². The van der Waals surface area contributed by atoms with Crippen molar-refractivity contribution >= 4 is 17.9 Å². The minimum absolute atomic E-state index is 0.142. The van der Waals surface area contributed by atoms with Crippen molar-refractivity contribution < 1.29 is 42.9 Å². The van der Waals surface area contributed by atoms with Gasteiger partial charge in [-0.15, -0.1) is 0 Å². The molecule has 0 saturated heterocycles. The predicted molar refractivity (Wildman–Crippen MR) is 370 cm³/mol. The standard InChI is InChI=1S/C78H131NO8/c1-6-8-10-12-14-16-18-20-22-24-26-28-30-32-34-35-36-37-38-39-40-41-43-45-47-49-51-53-55-57-59-61-63-65-67-69-76(81)87-74(73-86-78(77(82)83)84-71-70-79(3,4)5)72-85-75(80)68-66-64-62-60-58-56-54-52-50-48-46-44-42-33-31-29-27-25-23-21-19-17-15-13-11-9-7-2/h8-11,14-17,20-23,26-29,32-34,36-37,42,74,78H,6-7,12-13,18-19,24-25,30-31,35,38-41,43-73H2,1-5H3/b10-8-,11-9-,16-14-,17-15-,22-20-,23-21-,28-26-,29-27-,34-32-,37-36-,42-33-. The van der Waals surface area contributed by atoms with Crippen molar-refractivity contribution in [1.29, 1.82) is 0 Å². The Morgan fingerprint density at radius 3 is 0.920 bits per heavy atom. The maximum absolute atomic E-state index is 12.9. The molecule has 0 aliphatic rings. The Hall–Kier alpha value is -4.57. The number of nitrogens with zero attached hydrogens (tertiary/aromatic N) is 1. The van der Waals surface area contributed by atoms with E-state index in [0.29, 0.717) is 17.4 Å². The monoisotopic (exact) mass is 1210 g/mol. The van der Waals surface area contributed by atoms with Gasteiger partial charge in [0.25, 0.3) is 0 Å². The van der Waals surface area contributed by atoms with E-state index in [2.05, 4.69) is 148 Å². The molecular weight excluding hydrogens is 1080 g/mol. The third-order valence-corrected chi connectivity index (χ3v) is 14.9. The number of rotatable bonds is 64. The van der Waals surface area contributed by atoms with Gasteiger partial charge in [0.05, 0.1) is 40.3 Å². The first-order valence-electron chi connectivity index (χ1n) is 35.3. The number of hydrogen-bond acceptors (Lipinski definition) is 8. The van der Waals surface area contributed by atoms with Crippen LogP contribution in [0.25, 0.3) is 0 Å². The first kappa shape index (κ1) is 82.4. The van der Waals surface area contributed by atoms with Crippen molar-refractivity contribution in [2.24, 2.45) is 0 Å². The molecule has 9 heteroatoms. The SMILES string of the molecule is CC/C=C\C/C=C\C/C=C\C/C=C\C/C=C\C/C=C\CCCCCCCCCCCCCCCCCCC(=O)OC(COC(=O)CCCCCCCCCCCCC/C=C\C/C=C\C/C=C\C/C=C\C/C=C\CC)COC(OCC[N+](C)(C)C)C(=O)[O-]. The summed E-state index contributed by atoms with van der Waals surface area (Å²) in [5, 5.41) is 11.8. The fourth-order valence-corrected chi connectivity index (χ4v) is 9.57. The maximum atomic E-state index is 12.9. The summed E-state index contributed by atoms with van der Waals surface area (Å²) in [6.07, 6.45) is 93.8. The average molecular weight is 1210 g/mol. The van der Waals surface area contributed by atoms with Gasteiger partial charge in [-0.2, -0.15) is 0 Å². The molecular formula is C78H131NO8. The molecule has 87 heavy (non-hydrogen) atoms. The highest BCUT2D eigenvalue weighted by Crippen LogP contribution is 2.17. The molecule has 0 aromatic heterocycles. The van der Waals surface area contributed by atoms with Gasteiger partial charge in [-0.25, -0.2) is 0 Å². The van der Waals surface area contributed by atoms with Gasteiger partial charge < -0.3 is 33.3 Å². The molecule has 2 atom stereocenters. The number of carbonyl (C=O) groups is 3. The first-order chi connectivity index (χ1) is 42.6. The van der Waals surface area contributed by atoms with Crippen LogP contribution >= 0.6 is 0 Å². The zero-order valence-corrected chi connectivity index (χ0v) is 56.6. The Bertz CT molecular complexity index is 1890. The molecule has 0 spiro atoms. The highest BCUT2D eigenvalue weighted by Gasteiger charge is 2.22. The number of hydrogen-bond donors (Lipinski definition) is 0. The first-order valence-corrected chi connectivity index (χ1v) is 35.3. The molecule has 0 rings (SSSR count). The maximum Gasteiger partial charge on any atom is 0.306 e. The van der Waals surface area contributed by atoms with Gasteiger partial charge in [0.15, 0.2) is 12.4 Å². The van der Waals surface area contributed by atoms with E-state index in [9.17, 15) is 19.5 Å². The number of unbranched alkanes of at least 4 members (excludes halogenated alkanes) is 27. The largest absolute Gasteiger partial charge is 0.545 e. The lowest BCUT2D eigenvalue weighted by atomic mass is 10.0. The number of aliphatic carboxylic acids is 1. The normalized spacial score (nSPS) is 13.5. The smallest absolute Gasteiger partial charge is 0.306 e. The van der Waals surface area contributed by atoms with E-state index in [1.165, 1.54) is 141 Å². The van der Waals surface area contributed by atoms with E-state index in [-0.39, 0.29) is 38.6 Å². The van der Waals surface area contributed by atoms with E-state index in [4.69, 9.17) is 18.9 Å². The summed E-state index contributed by atoms with van der Waals surface area (Å²) in [4.78, 5) is 37.5. The number of likely N-dealkylation sites (N-methyl/N-ethyl adjacent to an activating group) is 1. The second kappa shape index (κ2) is 67.4. The van der Waals surface area contributed by atoms with Crippen LogP contribution in [-0.4, -0.2) is 82.3 Å². The highest BCUT2D eigenvalue weighted by atomic mass is 16.7. The molecule has 0 aliphatic carbocycles. The van der Waals surface area contributed by atoms with Crippen LogP contribution in [0, 0.1) is 0 Å². The molecule has 9 nitrogen and oxygen atoms in total. The predicted octanol–water partition coefficient (Wildman–Crippen LogP) is 20.8. The van der Waals surface area contributed by atoms with Crippen LogP contribution in [0.3, 0.4) is 0 Å². The Morgan fingerprint density at radius 1 is 0.345 bits per heavy atom. The van der Waals surface area contributed by atoms with Crippen molar-refractivity contribution in [3.63, 3.8) is 0 Å². The fourth-order valence-electron chi connectivity index (χ4n) is 9.57. The zero-order valence-electron chi connectivity index (χ0n) is 56.6. The van der Waals surface area contributed by atoms with Crippen LogP contribution in [0.5, 0.6) is 0 Å². The summed E-state index contributed by atoms with van der Waals surface area (Å²) in [6.45, 7) is 4.53. The van der Waals surface area contributed by atoms with E-state index in [1.807, 2.05) is 21.1 Å². The third-order valence-electron chi connectivity index (χ3n) is 14.9. The van der Waals surface area contributed by atoms with Crippen molar-refractivity contribution in [3.05, 3.63) is 134 Å². The summed E-state index contributed by atoms with van der Waals surface area (Å²) in [6, 6.07) is 0. The van der Waals surface area contributed by atoms with Gasteiger partial charge in [0.1, 0.15) is 13.2 Å². The Morgan fingerprint density at radius 2 is 0.621 bits per heavy atom. The van der Waals surface area contributed by atoms with Crippen LogP contribution in [0.4, 0.5) is 0 Å². The quantitative estimate of drug-likeness (QED) is 0.0195. The minimum atomic E-state index is -1.63. The summed E-state index contributed by atoms with van der Waals surface area (Å²) >= 11 is 0. The molecule has 0 amide bonds. The van der Waals surface area contributed by atoms with Gasteiger partial charge >= 0.3 is 11.9 Å². The number of allylic oxidation sites excluding steroid dienone is 22. The van der Waals surface area contributed by atoms with Crippen molar-refractivity contribution in [1.82, 2.24) is 0 Å². The molecule has 496 valence electrons. The van der Waals surface area contributed by atoms with Gasteiger partial charge in [0.2, 0.25) is 0 Å². The van der Waals surface area contributed by atoms with Crippen LogP contribution < -0.4 is 5.11 Å². The van der Waals surface area contributed by atoms with Crippen LogP contribution in [-0.2, 0) is 33.3 Å². The Labute approximate surface area is 535 Å². The number of carbonyl (C=O) groups excluding carboxylic acids is 3. The lowest BCUT2D eigenvalue weighted by Crippen LogP contribution is -2.44. The second-order valence-electron chi connectivity index (χ2n) is 24.4. The van der Waals surface area contributed by atoms with E-state index < -0.39 is 24.3 Å². The lowest BCUT2D eigenvalue weighted by Gasteiger charge is -2.26. The Balaban J connectivity index is 4.12. The van der Waals surface area contributed by atoms with Gasteiger partial charge in [-0.1, -0.05) is 295 Å². The third kappa shape index (κ3) is 68.8. The van der Waals surface area contributed by atoms with E-state index in [1.54, 1.807) is 0 Å². The summed E-state index contributed by atoms with van der Waals surface area (Å²) < 4.78 is 22.8. The van der Waals surface area contributed by atoms with Crippen molar-refractivity contribution in [3.8, 4) is 0 Å². The molecule has 0 saturated carbocycles. The number of esters is 2. The molecule has 0 aromatic rings. The fraction of sp³-hybridized carbons (Fsp3) is 0.679. The van der Waals surface area contributed by atoms with Crippen LogP contribution in [0.15, 0.2) is 134 Å². The molecule has 0 aromatic carbocycles. The zero-order chi connectivity index (χ0) is 63.3. The number of quaternary nitrogens is 1. The molecule has 0 heterocycles. The molecule has 0 radical (unpaired) electrons. The summed E-state index contributed by atoms with van der Waals surface area (Å²) in [5.41, 5.74) is 0. The summed E-state index contributed by atoms with van der Waals surface area (Å²) in [5.74, 6) is -2.29. The van der Waals surface area contributed by atoms with Crippen LogP contribution in [0.2, 0.25) is 0 Å². The second-order valence-corrected chi connectivity index (χ2v) is 24.4. The summed E-state index contributed by atoms with van der Waals surface area (Å²) in [7, 11) is 5.93. The molecule has 0 N–H and O–H groups in total. The lowest BCUT2D eigenvalue weighted by molar-refractivity contribution is -0.870. The highest BCUT2D eigenvalue weighted by molar-refractivity contribution is 5.70.